The number of rotatable bonds is 3. The molecule has 3 rings (SSSR count). The zero-order valence-corrected chi connectivity index (χ0v) is 14.9. The van der Waals surface area contributed by atoms with Crippen molar-refractivity contribution in [2.24, 2.45) is 0 Å². The van der Waals surface area contributed by atoms with Crippen molar-refractivity contribution in [3.63, 3.8) is 0 Å². The monoisotopic (exact) mass is 400 g/mol. The molecule has 0 saturated heterocycles. The maximum absolute atomic E-state index is 14.0. The molecule has 1 atom stereocenters. The third-order valence-electron chi connectivity index (χ3n) is 3.75. The number of ether oxygens (including phenoxy) is 1. The van der Waals surface area contributed by atoms with E-state index >= 15 is 0 Å². The highest BCUT2D eigenvalue weighted by Crippen LogP contribution is 2.42. The van der Waals surface area contributed by atoms with E-state index in [0.29, 0.717) is 22.0 Å². The van der Waals surface area contributed by atoms with Crippen molar-refractivity contribution in [1.29, 1.82) is 0 Å². The minimum Gasteiger partial charge on any atom is -0.482 e. The van der Waals surface area contributed by atoms with E-state index in [9.17, 15) is 12.8 Å². The largest absolute Gasteiger partial charge is 0.482 e. The Morgan fingerprint density at radius 1 is 1.30 bits per heavy atom. The number of halogens is 2. The Morgan fingerprint density at radius 3 is 2.74 bits per heavy atom. The normalized spacial score (nSPS) is 17.0. The van der Waals surface area contributed by atoms with Crippen LogP contribution in [0.1, 0.15) is 22.8 Å². The molecule has 0 fully saturated rings. The number of benzene rings is 2. The first kappa shape index (κ1) is 16.4. The van der Waals surface area contributed by atoms with Gasteiger partial charge in [0.2, 0.25) is 0 Å². The van der Waals surface area contributed by atoms with Crippen LogP contribution in [-0.4, -0.2) is 15.5 Å². The first-order valence-electron chi connectivity index (χ1n) is 6.87. The van der Waals surface area contributed by atoms with Crippen LogP contribution in [0.25, 0.3) is 0 Å². The van der Waals surface area contributed by atoms with Crippen molar-refractivity contribution in [2.45, 2.75) is 24.3 Å². The van der Waals surface area contributed by atoms with Crippen molar-refractivity contribution >= 4 is 26.0 Å². The van der Waals surface area contributed by atoms with E-state index in [2.05, 4.69) is 20.1 Å². The van der Waals surface area contributed by atoms with Gasteiger partial charge < -0.3 is 4.74 Å². The van der Waals surface area contributed by atoms with Gasteiger partial charge in [-0.25, -0.2) is 4.39 Å². The average molecular weight is 401 g/mol. The number of fused-ring (bicyclic) bond motifs is 1. The maximum Gasteiger partial charge on any atom is 0.297 e. The van der Waals surface area contributed by atoms with Gasteiger partial charge in [0.25, 0.3) is 10.1 Å². The van der Waals surface area contributed by atoms with Crippen LogP contribution in [0.3, 0.4) is 0 Å². The average Bonchev–Trinajstić information content (AvgIpc) is 2.91. The second kappa shape index (κ2) is 5.89. The van der Waals surface area contributed by atoms with Crippen molar-refractivity contribution in [3.8, 4) is 5.75 Å². The molecular weight excluding hydrogens is 387 g/mol. The molecule has 7 heteroatoms. The van der Waals surface area contributed by atoms with Gasteiger partial charge in [0, 0.05) is 22.0 Å². The van der Waals surface area contributed by atoms with Gasteiger partial charge in [0.15, 0.2) is 11.6 Å². The number of hydrogen-bond donors (Lipinski definition) is 0. The smallest absolute Gasteiger partial charge is 0.297 e. The Balaban J connectivity index is 2.08. The molecule has 23 heavy (non-hydrogen) atoms. The highest BCUT2D eigenvalue weighted by molar-refractivity contribution is 9.10. The Labute approximate surface area is 142 Å². The lowest BCUT2D eigenvalue weighted by Gasteiger charge is -2.16. The molecule has 4 nitrogen and oxygen atoms in total. The Kier molecular flexibility index (Phi) is 4.20. The summed E-state index contributed by atoms with van der Waals surface area (Å²) in [5.74, 6) is -0.304. The van der Waals surface area contributed by atoms with Gasteiger partial charge in [-0.2, -0.15) is 8.42 Å². The molecule has 0 bridgehead atoms. The lowest BCUT2D eigenvalue weighted by atomic mass is 10.0. The molecule has 0 aromatic heterocycles. The molecule has 1 unspecified atom stereocenters. The van der Waals surface area contributed by atoms with Gasteiger partial charge >= 0.3 is 0 Å². The molecular formula is C16H14BrFO4S. The molecule has 0 aliphatic carbocycles. The standard InChI is InChI=1S/C16H14BrFO4S/c1-9-3-4-15(23(19,20)21-2)12(5-9)14-7-10-6-11(17)8-13(18)16(10)22-14/h3-6,8,14H,7H2,1-2H3. The Hall–Kier alpha value is -1.44. The maximum atomic E-state index is 14.0. The van der Waals surface area contributed by atoms with Gasteiger partial charge in [-0.3, -0.25) is 4.18 Å². The summed E-state index contributed by atoms with van der Waals surface area (Å²) in [6, 6.07) is 8.01. The topological polar surface area (TPSA) is 52.6 Å². The molecule has 0 amide bonds. The highest BCUT2D eigenvalue weighted by Gasteiger charge is 2.32. The lowest BCUT2D eigenvalue weighted by Crippen LogP contribution is -2.12. The number of hydrogen-bond acceptors (Lipinski definition) is 4. The molecule has 0 radical (unpaired) electrons. The third kappa shape index (κ3) is 3.00. The molecule has 2 aromatic rings. The van der Waals surface area contributed by atoms with Crippen molar-refractivity contribution in [3.05, 3.63) is 57.3 Å². The molecule has 1 heterocycles. The zero-order valence-electron chi connectivity index (χ0n) is 12.5. The van der Waals surface area contributed by atoms with E-state index in [-0.39, 0.29) is 10.6 Å². The molecule has 1 aliphatic rings. The van der Waals surface area contributed by atoms with Gasteiger partial charge in [-0.15, -0.1) is 0 Å². The zero-order chi connectivity index (χ0) is 16.8. The van der Waals surface area contributed by atoms with Crippen molar-refractivity contribution in [1.82, 2.24) is 0 Å². The molecule has 122 valence electrons. The summed E-state index contributed by atoms with van der Waals surface area (Å²) in [5.41, 5.74) is 2.05. The van der Waals surface area contributed by atoms with Crippen LogP contribution < -0.4 is 4.74 Å². The molecule has 0 saturated carbocycles. The first-order chi connectivity index (χ1) is 10.8. The van der Waals surface area contributed by atoms with E-state index in [4.69, 9.17) is 4.74 Å². The summed E-state index contributed by atoms with van der Waals surface area (Å²) in [7, 11) is -2.76. The van der Waals surface area contributed by atoms with Gasteiger partial charge in [-0.1, -0.05) is 33.6 Å². The Morgan fingerprint density at radius 2 is 2.04 bits per heavy atom. The SMILES string of the molecule is COS(=O)(=O)c1ccc(C)cc1C1Cc2cc(Br)cc(F)c2O1. The molecule has 2 aromatic carbocycles. The van der Waals surface area contributed by atoms with E-state index in [1.54, 1.807) is 18.2 Å². The summed E-state index contributed by atoms with van der Waals surface area (Å²) >= 11 is 3.25. The highest BCUT2D eigenvalue weighted by atomic mass is 79.9. The van der Waals surface area contributed by atoms with E-state index in [0.717, 1.165) is 12.7 Å². The minimum absolute atomic E-state index is 0.0443. The van der Waals surface area contributed by atoms with Crippen LogP contribution >= 0.6 is 15.9 Å². The summed E-state index contributed by atoms with van der Waals surface area (Å²) in [4.78, 5) is 0.0443. The van der Waals surface area contributed by atoms with Crippen LogP contribution in [-0.2, 0) is 20.7 Å². The summed E-state index contributed by atoms with van der Waals surface area (Å²) < 4.78 is 49.2. The molecule has 0 N–H and O–H groups in total. The summed E-state index contributed by atoms with van der Waals surface area (Å²) in [6.07, 6.45) is -0.185. The van der Waals surface area contributed by atoms with E-state index in [1.807, 2.05) is 6.92 Å². The second-order valence-corrected chi connectivity index (χ2v) is 7.95. The molecule has 0 spiro atoms. The minimum atomic E-state index is -3.87. The fourth-order valence-corrected chi connectivity index (χ4v) is 4.06. The van der Waals surface area contributed by atoms with Crippen LogP contribution in [0.2, 0.25) is 0 Å². The van der Waals surface area contributed by atoms with Gasteiger partial charge in [-0.05, 0) is 25.1 Å². The fourth-order valence-electron chi connectivity index (χ4n) is 2.69. The quantitative estimate of drug-likeness (QED) is 0.732. The van der Waals surface area contributed by atoms with E-state index in [1.165, 1.54) is 12.1 Å². The summed E-state index contributed by atoms with van der Waals surface area (Å²) in [5, 5.41) is 0. The van der Waals surface area contributed by atoms with Gasteiger partial charge in [0.05, 0.1) is 7.11 Å². The third-order valence-corrected chi connectivity index (χ3v) is 5.56. The lowest BCUT2D eigenvalue weighted by molar-refractivity contribution is 0.225. The van der Waals surface area contributed by atoms with Crippen LogP contribution in [0.15, 0.2) is 39.7 Å². The van der Waals surface area contributed by atoms with Crippen LogP contribution in [0.5, 0.6) is 5.75 Å². The van der Waals surface area contributed by atoms with Crippen molar-refractivity contribution in [2.75, 3.05) is 7.11 Å². The predicted octanol–water partition coefficient (Wildman–Crippen LogP) is 3.91. The Bertz CT molecular complexity index is 880. The number of aryl methyl sites for hydroxylation is 1. The van der Waals surface area contributed by atoms with Crippen molar-refractivity contribution < 1.29 is 21.7 Å². The van der Waals surface area contributed by atoms with Crippen LogP contribution in [0.4, 0.5) is 4.39 Å². The second-order valence-electron chi connectivity index (χ2n) is 5.35. The predicted molar refractivity (Wildman–Crippen MR) is 86.5 cm³/mol. The first-order valence-corrected chi connectivity index (χ1v) is 9.07. The van der Waals surface area contributed by atoms with Crippen LogP contribution in [0, 0.1) is 12.7 Å². The van der Waals surface area contributed by atoms with E-state index < -0.39 is 22.0 Å². The fraction of sp³-hybridized carbons (Fsp3) is 0.250. The summed E-state index contributed by atoms with van der Waals surface area (Å²) in [6.45, 7) is 1.85. The van der Waals surface area contributed by atoms with Gasteiger partial charge in [0.1, 0.15) is 11.0 Å². The molecule has 1 aliphatic heterocycles.